The molecule has 0 bridgehead atoms. The van der Waals surface area contributed by atoms with E-state index in [9.17, 15) is 17.6 Å². The van der Waals surface area contributed by atoms with Crippen molar-refractivity contribution in [1.82, 2.24) is 10.3 Å². The zero-order valence-corrected chi connectivity index (χ0v) is 17.9. The number of furan rings is 1. The molecule has 0 aliphatic heterocycles. The van der Waals surface area contributed by atoms with Gasteiger partial charge in [0.05, 0.1) is 22.6 Å². The molecule has 2 aromatic carbocycles. The second kappa shape index (κ2) is 8.80. The van der Waals surface area contributed by atoms with E-state index < -0.39 is 21.6 Å². The van der Waals surface area contributed by atoms with Crippen LogP contribution in [-0.2, 0) is 16.4 Å². The number of aromatic nitrogens is 1. The van der Waals surface area contributed by atoms with Crippen molar-refractivity contribution < 1.29 is 26.8 Å². The molecule has 2 aromatic heterocycles. The maximum absolute atomic E-state index is 13.8. The minimum atomic E-state index is -3.86. The summed E-state index contributed by atoms with van der Waals surface area (Å²) in [6.07, 6.45) is 3.14. The summed E-state index contributed by atoms with van der Waals surface area (Å²) in [6.45, 7) is 2.08. The summed E-state index contributed by atoms with van der Waals surface area (Å²) in [7, 11) is -3.86. The summed E-state index contributed by atoms with van der Waals surface area (Å²) in [5.74, 6) is -0.979. The van der Waals surface area contributed by atoms with Crippen molar-refractivity contribution in [3.8, 4) is 5.75 Å². The summed E-state index contributed by atoms with van der Waals surface area (Å²) < 4.78 is 50.2. The maximum atomic E-state index is 13.8. The molecule has 0 aliphatic rings. The molecular formula is C23H19FN2O5S. The molecule has 0 aliphatic carbocycles. The standard InChI is InChI=1S/C23H19FN2O5S/c1-2-30-20-12-18(7-8-19(20)24)32(28,29)17-5-3-15(4-6-17)13-26-23(27)21-11-16-9-10-25-14-22(16)31-21/h3-12,14H,2,13H2,1H3,(H,26,27). The van der Waals surface area contributed by atoms with Crippen molar-refractivity contribution in [3.05, 3.63) is 84.1 Å². The lowest BCUT2D eigenvalue weighted by Gasteiger charge is -2.09. The number of benzene rings is 2. The Morgan fingerprint density at radius 3 is 2.56 bits per heavy atom. The van der Waals surface area contributed by atoms with Gasteiger partial charge in [0, 0.05) is 24.2 Å². The van der Waals surface area contributed by atoms with Crippen LogP contribution in [0.2, 0.25) is 0 Å². The predicted molar refractivity (Wildman–Crippen MR) is 115 cm³/mol. The first kappa shape index (κ1) is 21.5. The molecule has 0 fully saturated rings. The van der Waals surface area contributed by atoms with Gasteiger partial charge >= 0.3 is 0 Å². The van der Waals surface area contributed by atoms with Gasteiger partial charge in [-0.25, -0.2) is 12.8 Å². The molecule has 0 unspecified atom stereocenters. The van der Waals surface area contributed by atoms with E-state index in [-0.39, 0.29) is 34.5 Å². The number of nitrogens with zero attached hydrogens (tertiary/aromatic N) is 1. The lowest BCUT2D eigenvalue weighted by molar-refractivity contribution is 0.0925. The summed E-state index contributed by atoms with van der Waals surface area (Å²) in [5.41, 5.74) is 1.21. The van der Waals surface area contributed by atoms with Crippen LogP contribution in [0.3, 0.4) is 0 Å². The van der Waals surface area contributed by atoms with Crippen LogP contribution in [0.15, 0.2) is 81.2 Å². The normalized spacial score (nSPS) is 11.4. The van der Waals surface area contributed by atoms with Gasteiger partial charge in [-0.2, -0.15) is 0 Å². The number of carbonyl (C=O) groups excluding carboxylic acids is 1. The molecular weight excluding hydrogens is 435 g/mol. The van der Waals surface area contributed by atoms with E-state index in [1.165, 1.54) is 30.5 Å². The first-order chi connectivity index (χ1) is 15.4. The average molecular weight is 454 g/mol. The van der Waals surface area contributed by atoms with Crippen LogP contribution in [0.5, 0.6) is 5.75 Å². The fraction of sp³-hybridized carbons (Fsp3) is 0.130. The molecule has 0 spiro atoms. The molecule has 4 rings (SSSR count). The highest BCUT2D eigenvalue weighted by Gasteiger charge is 2.20. The highest BCUT2D eigenvalue weighted by molar-refractivity contribution is 7.91. The molecule has 0 atom stereocenters. The van der Waals surface area contributed by atoms with Gasteiger partial charge in [0.2, 0.25) is 9.84 Å². The molecule has 0 saturated carbocycles. The monoisotopic (exact) mass is 454 g/mol. The summed E-state index contributed by atoms with van der Waals surface area (Å²) in [6, 6.07) is 12.9. The molecule has 1 amide bonds. The van der Waals surface area contributed by atoms with Crippen molar-refractivity contribution in [3.63, 3.8) is 0 Å². The van der Waals surface area contributed by atoms with Crippen LogP contribution in [0.1, 0.15) is 23.0 Å². The third kappa shape index (κ3) is 4.33. The molecule has 164 valence electrons. The molecule has 1 N–H and O–H groups in total. The second-order valence-corrected chi connectivity index (χ2v) is 8.83. The number of carbonyl (C=O) groups is 1. The zero-order valence-electron chi connectivity index (χ0n) is 17.0. The topological polar surface area (TPSA) is 98.5 Å². The number of hydrogen-bond acceptors (Lipinski definition) is 6. The number of nitrogens with one attached hydrogen (secondary N) is 1. The summed E-state index contributed by atoms with van der Waals surface area (Å²) >= 11 is 0. The van der Waals surface area contributed by atoms with Crippen LogP contribution in [0.4, 0.5) is 4.39 Å². The van der Waals surface area contributed by atoms with Crippen LogP contribution >= 0.6 is 0 Å². The van der Waals surface area contributed by atoms with E-state index in [1.54, 1.807) is 37.4 Å². The van der Waals surface area contributed by atoms with E-state index >= 15 is 0 Å². The van der Waals surface area contributed by atoms with E-state index in [2.05, 4.69) is 10.3 Å². The largest absolute Gasteiger partial charge is 0.491 e. The van der Waals surface area contributed by atoms with E-state index in [0.717, 1.165) is 11.5 Å². The number of amides is 1. The molecule has 0 radical (unpaired) electrons. The number of ether oxygens (including phenoxy) is 1. The van der Waals surface area contributed by atoms with Gasteiger partial charge in [0.25, 0.3) is 5.91 Å². The van der Waals surface area contributed by atoms with Crippen molar-refractivity contribution >= 4 is 26.7 Å². The Kier molecular flexibility index (Phi) is 5.91. The molecule has 2 heterocycles. The SMILES string of the molecule is CCOc1cc(S(=O)(=O)c2ccc(CNC(=O)c3cc4ccncc4o3)cc2)ccc1F. The number of pyridine rings is 1. The molecule has 7 nitrogen and oxygen atoms in total. The summed E-state index contributed by atoms with van der Waals surface area (Å²) in [4.78, 5) is 16.3. The van der Waals surface area contributed by atoms with Crippen LogP contribution in [0, 0.1) is 5.82 Å². The van der Waals surface area contributed by atoms with Gasteiger partial charge in [0.1, 0.15) is 0 Å². The Labute approximate surface area is 183 Å². The molecule has 4 aromatic rings. The third-order valence-corrected chi connectivity index (χ3v) is 6.51. The van der Waals surface area contributed by atoms with Crippen LogP contribution in [0.25, 0.3) is 11.0 Å². The van der Waals surface area contributed by atoms with Gasteiger partial charge in [-0.15, -0.1) is 0 Å². The highest BCUT2D eigenvalue weighted by Crippen LogP contribution is 2.27. The van der Waals surface area contributed by atoms with Crippen molar-refractivity contribution in [2.24, 2.45) is 0 Å². The van der Waals surface area contributed by atoms with Crippen molar-refractivity contribution in [1.29, 1.82) is 0 Å². The van der Waals surface area contributed by atoms with Gasteiger partial charge in [0.15, 0.2) is 22.9 Å². The van der Waals surface area contributed by atoms with Crippen molar-refractivity contribution in [2.75, 3.05) is 6.61 Å². The Bertz CT molecular complexity index is 1350. The first-order valence-electron chi connectivity index (χ1n) is 9.76. The van der Waals surface area contributed by atoms with E-state index in [1.807, 2.05) is 0 Å². The van der Waals surface area contributed by atoms with Gasteiger partial charge in [-0.05, 0) is 48.9 Å². The number of fused-ring (bicyclic) bond motifs is 1. The molecule has 9 heteroatoms. The van der Waals surface area contributed by atoms with Gasteiger partial charge in [-0.1, -0.05) is 12.1 Å². The fourth-order valence-electron chi connectivity index (χ4n) is 3.11. The number of sulfone groups is 1. The quantitative estimate of drug-likeness (QED) is 0.422. The Hall–Kier alpha value is -3.72. The lowest BCUT2D eigenvalue weighted by atomic mass is 10.2. The highest BCUT2D eigenvalue weighted by atomic mass is 32.2. The molecule has 32 heavy (non-hydrogen) atoms. The van der Waals surface area contributed by atoms with Gasteiger partial charge < -0.3 is 14.5 Å². The Morgan fingerprint density at radius 2 is 1.84 bits per heavy atom. The maximum Gasteiger partial charge on any atom is 0.287 e. The molecule has 0 saturated heterocycles. The average Bonchev–Trinajstić information content (AvgIpc) is 3.24. The number of hydrogen-bond donors (Lipinski definition) is 1. The van der Waals surface area contributed by atoms with E-state index in [0.29, 0.717) is 11.1 Å². The van der Waals surface area contributed by atoms with Crippen LogP contribution in [-0.4, -0.2) is 25.9 Å². The lowest BCUT2D eigenvalue weighted by Crippen LogP contribution is -2.22. The zero-order chi connectivity index (χ0) is 22.7. The van der Waals surface area contributed by atoms with Crippen molar-refractivity contribution in [2.45, 2.75) is 23.3 Å². The second-order valence-electron chi connectivity index (χ2n) is 6.88. The number of rotatable bonds is 7. The minimum Gasteiger partial charge on any atom is -0.491 e. The fourth-order valence-corrected chi connectivity index (χ4v) is 4.38. The first-order valence-corrected chi connectivity index (χ1v) is 11.2. The Morgan fingerprint density at radius 1 is 1.09 bits per heavy atom. The van der Waals surface area contributed by atoms with E-state index in [4.69, 9.17) is 9.15 Å². The minimum absolute atomic E-state index is 0.0476. The third-order valence-electron chi connectivity index (χ3n) is 4.75. The smallest absolute Gasteiger partial charge is 0.287 e. The van der Waals surface area contributed by atoms with Crippen LogP contribution < -0.4 is 10.1 Å². The predicted octanol–water partition coefficient (Wildman–Crippen LogP) is 4.13. The summed E-state index contributed by atoms with van der Waals surface area (Å²) in [5, 5.41) is 3.50. The number of halogens is 1. The Balaban J connectivity index is 1.46. The van der Waals surface area contributed by atoms with Gasteiger partial charge in [-0.3, -0.25) is 9.78 Å².